The van der Waals surface area contributed by atoms with Crippen LogP contribution in [0.3, 0.4) is 0 Å². The minimum atomic E-state index is 0.602. The SMILES string of the molecule is Cc1ccc(CN(C)c2ccc(N)c(N)c2)o1. The molecule has 0 aliphatic heterocycles. The zero-order valence-corrected chi connectivity index (χ0v) is 10.1. The summed E-state index contributed by atoms with van der Waals surface area (Å²) in [4.78, 5) is 2.06. The number of benzene rings is 1. The van der Waals surface area contributed by atoms with Gasteiger partial charge >= 0.3 is 0 Å². The summed E-state index contributed by atoms with van der Waals surface area (Å²) in [5, 5.41) is 0. The van der Waals surface area contributed by atoms with Crippen molar-refractivity contribution >= 4 is 17.1 Å². The van der Waals surface area contributed by atoms with E-state index < -0.39 is 0 Å². The summed E-state index contributed by atoms with van der Waals surface area (Å²) in [6.45, 7) is 2.64. The lowest BCUT2D eigenvalue weighted by molar-refractivity contribution is 0.482. The molecule has 2 aromatic rings. The van der Waals surface area contributed by atoms with Gasteiger partial charge in [0.15, 0.2) is 0 Å². The first-order chi connectivity index (χ1) is 8.06. The number of hydrogen-bond donors (Lipinski definition) is 2. The van der Waals surface area contributed by atoms with Crippen LogP contribution < -0.4 is 16.4 Å². The number of nitrogens with two attached hydrogens (primary N) is 2. The van der Waals surface area contributed by atoms with Crippen molar-refractivity contribution in [2.75, 3.05) is 23.4 Å². The van der Waals surface area contributed by atoms with Crippen LogP contribution in [-0.2, 0) is 6.54 Å². The summed E-state index contributed by atoms with van der Waals surface area (Å²) in [7, 11) is 1.99. The summed E-state index contributed by atoms with van der Waals surface area (Å²) in [5.74, 6) is 1.85. The van der Waals surface area contributed by atoms with E-state index in [1.165, 1.54) is 0 Å². The molecule has 0 radical (unpaired) electrons. The molecule has 0 fully saturated rings. The van der Waals surface area contributed by atoms with Gasteiger partial charge in [-0.15, -0.1) is 0 Å². The van der Waals surface area contributed by atoms with Crippen LogP contribution in [0.5, 0.6) is 0 Å². The highest BCUT2D eigenvalue weighted by atomic mass is 16.3. The fraction of sp³-hybridized carbons (Fsp3) is 0.231. The molecule has 1 heterocycles. The summed E-state index contributed by atoms with van der Waals surface area (Å²) in [6.07, 6.45) is 0. The van der Waals surface area contributed by atoms with Gasteiger partial charge in [-0.1, -0.05) is 0 Å². The second kappa shape index (κ2) is 4.41. The summed E-state index contributed by atoms with van der Waals surface area (Å²) >= 11 is 0. The number of nitrogen functional groups attached to an aromatic ring is 2. The fourth-order valence-electron chi connectivity index (χ4n) is 1.69. The molecular weight excluding hydrogens is 214 g/mol. The van der Waals surface area contributed by atoms with Crippen LogP contribution in [0.2, 0.25) is 0 Å². The molecule has 0 bridgehead atoms. The molecule has 4 N–H and O–H groups in total. The van der Waals surface area contributed by atoms with Crippen molar-refractivity contribution in [1.82, 2.24) is 0 Å². The maximum atomic E-state index is 5.78. The normalized spacial score (nSPS) is 10.5. The Labute approximate surface area is 101 Å². The Morgan fingerprint density at radius 1 is 1.12 bits per heavy atom. The second-order valence-electron chi connectivity index (χ2n) is 4.18. The number of nitrogens with zero attached hydrogens (tertiary/aromatic N) is 1. The topological polar surface area (TPSA) is 68.4 Å². The average Bonchev–Trinajstić information content (AvgIpc) is 2.68. The highest BCUT2D eigenvalue weighted by molar-refractivity contribution is 5.69. The average molecular weight is 231 g/mol. The molecule has 0 aliphatic rings. The van der Waals surface area contributed by atoms with E-state index in [4.69, 9.17) is 15.9 Å². The van der Waals surface area contributed by atoms with Gasteiger partial charge in [-0.25, -0.2) is 0 Å². The maximum Gasteiger partial charge on any atom is 0.123 e. The van der Waals surface area contributed by atoms with Gasteiger partial charge in [-0.2, -0.15) is 0 Å². The van der Waals surface area contributed by atoms with Crippen molar-refractivity contribution in [2.24, 2.45) is 0 Å². The van der Waals surface area contributed by atoms with Crippen LogP contribution >= 0.6 is 0 Å². The van der Waals surface area contributed by atoms with E-state index in [9.17, 15) is 0 Å². The maximum absolute atomic E-state index is 5.78. The molecule has 0 atom stereocenters. The van der Waals surface area contributed by atoms with Crippen molar-refractivity contribution in [3.05, 3.63) is 41.9 Å². The van der Waals surface area contributed by atoms with Crippen LogP contribution in [0.1, 0.15) is 11.5 Å². The smallest absolute Gasteiger partial charge is 0.123 e. The Morgan fingerprint density at radius 2 is 1.88 bits per heavy atom. The van der Waals surface area contributed by atoms with Crippen LogP contribution in [0.25, 0.3) is 0 Å². The zero-order valence-electron chi connectivity index (χ0n) is 10.1. The molecule has 0 unspecified atom stereocenters. The van der Waals surface area contributed by atoms with E-state index in [1.807, 2.05) is 44.3 Å². The van der Waals surface area contributed by atoms with Crippen LogP contribution in [0.4, 0.5) is 17.1 Å². The third-order valence-corrected chi connectivity index (χ3v) is 2.70. The number of furan rings is 1. The van der Waals surface area contributed by atoms with Crippen LogP contribution in [0, 0.1) is 6.92 Å². The lowest BCUT2D eigenvalue weighted by Crippen LogP contribution is -2.16. The first kappa shape index (κ1) is 11.4. The lowest BCUT2D eigenvalue weighted by Gasteiger charge is -2.18. The number of hydrogen-bond acceptors (Lipinski definition) is 4. The van der Waals surface area contributed by atoms with Crippen molar-refractivity contribution < 1.29 is 4.42 Å². The van der Waals surface area contributed by atoms with Crippen molar-refractivity contribution in [1.29, 1.82) is 0 Å². The molecule has 90 valence electrons. The lowest BCUT2D eigenvalue weighted by atomic mass is 10.2. The van der Waals surface area contributed by atoms with Gasteiger partial charge in [-0.3, -0.25) is 0 Å². The monoisotopic (exact) mass is 231 g/mol. The first-order valence-corrected chi connectivity index (χ1v) is 5.47. The van der Waals surface area contributed by atoms with Gasteiger partial charge in [0, 0.05) is 12.7 Å². The fourth-order valence-corrected chi connectivity index (χ4v) is 1.69. The van der Waals surface area contributed by atoms with Crippen molar-refractivity contribution in [3.8, 4) is 0 Å². The van der Waals surface area contributed by atoms with Gasteiger partial charge in [0.2, 0.25) is 0 Å². The van der Waals surface area contributed by atoms with E-state index in [0.717, 1.165) is 17.2 Å². The number of anilines is 3. The Bertz CT molecular complexity index is 519. The molecule has 0 saturated carbocycles. The number of aryl methyl sites for hydroxylation is 1. The second-order valence-corrected chi connectivity index (χ2v) is 4.18. The van der Waals surface area contributed by atoms with E-state index in [0.29, 0.717) is 17.9 Å². The third kappa shape index (κ3) is 2.53. The van der Waals surface area contributed by atoms with Crippen LogP contribution in [0.15, 0.2) is 34.7 Å². The quantitative estimate of drug-likeness (QED) is 0.796. The molecule has 4 nitrogen and oxygen atoms in total. The van der Waals surface area contributed by atoms with Crippen molar-refractivity contribution in [3.63, 3.8) is 0 Å². The minimum absolute atomic E-state index is 0.602. The molecule has 0 spiro atoms. The molecule has 2 rings (SSSR count). The summed E-state index contributed by atoms with van der Waals surface area (Å²) in [6, 6.07) is 9.56. The van der Waals surface area contributed by atoms with Gasteiger partial charge in [0.25, 0.3) is 0 Å². The van der Waals surface area contributed by atoms with Gasteiger partial charge in [0.1, 0.15) is 11.5 Å². The molecule has 4 heteroatoms. The molecule has 0 amide bonds. The Balaban J connectivity index is 2.14. The summed E-state index contributed by atoms with van der Waals surface area (Å²) in [5.41, 5.74) is 13.7. The van der Waals surface area contributed by atoms with E-state index >= 15 is 0 Å². The predicted octanol–water partition coefficient (Wildman–Crippen LogP) is 2.39. The van der Waals surface area contributed by atoms with Gasteiger partial charge in [-0.05, 0) is 37.3 Å². The minimum Gasteiger partial charge on any atom is -0.464 e. The number of rotatable bonds is 3. The summed E-state index contributed by atoms with van der Waals surface area (Å²) < 4.78 is 5.53. The molecule has 0 saturated heterocycles. The highest BCUT2D eigenvalue weighted by Gasteiger charge is 2.06. The molecule has 17 heavy (non-hydrogen) atoms. The van der Waals surface area contributed by atoms with Gasteiger partial charge < -0.3 is 20.8 Å². The molecule has 0 aliphatic carbocycles. The largest absolute Gasteiger partial charge is 0.464 e. The Morgan fingerprint density at radius 3 is 2.47 bits per heavy atom. The first-order valence-electron chi connectivity index (χ1n) is 5.47. The Kier molecular flexibility index (Phi) is 2.95. The van der Waals surface area contributed by atoms with E-state index in [1.54, 1.807) is 0 Å². The van der Waals surface area contributed by atoms with Crippen molar-refractivity contribution in [2.45, 2.75) is 13.5 Å². The van der Waals surface area contributed by atoms with Crippen LogP contribution in [-0.4, -0.2) is 7.05 Å². The third-order valence-electron chi connectivity index (χ3n) is 2.70. The molecule has 1 aromatic heterocycles. The highest BCUT2D eigenvalue weighted by Crippen LogP contribution is 2.23. The van der Waals surface area contributed by atoms with E-state index in [-0.39, 0.29) is 0 Å². The van der Waals surface area contributed by atoms with E-state index in [2.05, 4.69) is 4.90 Å². The standard InChI is InChI=1S/C13H17N3O/c1-9-3-5-11(17-9)8-16(2)10-4-6-12(14)13(15)7-10/h3-7H,8,14-15H2,1-2H3. The molecular formula is C13H17N3O. The zero-order chi connectivity index (χ0) is 12.4. The molecule has 1 aromatic carbocycles. The Hall–Kier alpha value is -2.10. The predicted molar refractivity (Wildman–Crippen MR) is 70.8 cm³/mol. The van der Waals surface area contributed by atoms with Gasteiger partial charge in [0.05, 0.1) is 17.9 Å².